The van der Waals surface area contributed by atoms with E-state index in [2.05, 4.69) is 4.98 Å². The number of aryl methyl sites for hydroxylation is 1. The van der Waals surface area contributed by atoms with Crippen LogP contribution in [0.1, 0.15) is 39.5 Å². The highest BCUT2D eigenvalue weighted by atomic mass is 35.5. The Balaban J connectivity index is 2.13. The highest BCUT2D eigenvalue weighted by Gasteiger charge is 2.28. The SMILES string of the molecule is O=C(O)c1ccc(Cl)cc1C1CCc2cccnc21. The Hall–Kier alpha value is -1.87. The number of carboxylic acids is 1. The molecule has 0 spiro atoms. The summed E-state index contributed by atoms with van der Waals surface area (Å²) in [6.45, 7) is 0. The van der Waals surface area contributed by atoms with Crippen LogP contribution in [-0.2, 0) is 6.42 Å². The van der Waals surface area contributed by atoms with Gasteiger partial charge >= 0.3 is 5.97 Å². The Labute approximate surface area is 115 Å². The maximum absolute atomic E-state index is 11.3. The second-order valence-corrected chi connectivity index (χ2v) is 5.11. The summed E-state index contributed by atoms with van der Waals surface area (Å²) in [5.41, 5.74) is 3.25. The Morgan fingerprint density at radius 3 is 3.00 bits per heavy atom. The number of carbonyl (C=O) groups is 1. The first kappa shape index (κ1) is 12.2. The summed E-state index contributed by atoms with van der Waals surface area (Å²) in [4.78, 5) is 15.7. The number of nitrogens with zero attached hydrogens (tertiary/aromatic N) is 1. The second kappa shape index (κ2) is 4.67. The lowest BCUT2D eigenvalue weighted by atomic mass is 9.92. The first-order valence-corrected chi connectivity index (χ1v) is 6.51. The van der Waals surface area contributed by atoms with Gasteiger partial charge in [-0.2, -0.15) is 0 Å². The van der Waals surface area contributed by atoms with Crippen molar-refractivity contribution in [2.45, 2.75) is 18.8 Å². The number of rotatable bonds is 2. The molecule has 1 atom stereocenters. The summed E-state index contributed by atoms with van der Waals surface area (Å²) in [5, 5.41) is 9.86. The molecule has 19 heavy (non-hydrogen) atoms. The third kappa shape index (κ3) is 2.10. The normalized spacial score (nSPS) is 17.2. The number of hydrogen-bond donors (Lipinski definition) is 1. The van der Waals surface area contributed by atoms with E-state index in [4.69, 9.17) is 11.6 Å². The topological polar surface area (TPSA) is 50.2 Å². The number of aromatic nitrogens is 1. The molecule has 0 saturated heterocycles. The summed E-state index contributed by atoms with van der Waals surface area (Å²) < 4.78 is 0. The van der Waals surface area contributed by atoms with Crippen LogP contribution in [0.25, 0.3) is 0 Å². The zero-order valence-corrected chi connectivity index (χ0v) is 10.9. The van der Waals surface area contributed by atoms with E-state index >= 15 is 0 Å². The van der Waals surface area contributed by atoms with Crippen molar-refractivity contribution >= 4 is 17.6 Å². The molecule has 1 heterocycles. The number of aromatic carboxylic acids is 1. The Kier molecular flexibility index (Phi) is 2.99. The van der Waals surface area contributed by atoms with Crippen molar-refractivity contribution < 1.29 is 9.90 Å². The molecule has 0 radical (unpaired) electrons. The van der Waals surface area contributed by atoms with Crippen LogP contribution in [0.2, 0.25) is 5.02 Å². The first-order valence-electron chi connectivity index (χ1n) is 6.13. The molecule has 96 valence electrons. The maximum Gasteiger partial charge on any atom is 0.335 e. The maximum atomic E-state index is 11.3. The molecule has 0 bridgehead atoms. The average Bonchev–Trinajstić information content (AvgIpc) is 2.82. The Morgan fingerprint density at radius 2 is 2.21 bits per heavy atom. The van der Waals surface area contributed by atoms with Gasteiger partial charge in [-0.25, -0.2) is 4.79 Å². The molecule has 0 aliphatic heterocycles. The quantitative estimate of drug-likeness (QED) is 0.911. The predicted octanol–water partition coefficient (Wildman–Crippen LogP) is 3.51. The van der Waals surface area contributed by atoms with Crippen LogP contribution in [0, 0.1) is 0 Å². The fourth-order valence-corrected chi connectivity index (χ4v) is 2.91. The van der Waals surface area contributed by atoms with Crippen LogP contribution >= 0.6 is 11.6 Å². The summed E-state index contributed by atoms with van der Waals surface area (Å²) in [6, 6.07) is 8.90. The van der Waals surface area contributed by atoms with E-state index in [1.807, 2.05) is 12.1 Å². The number of halogens is 1. The minimum atomic E-state index is -0.920. The molecule has 2 aromatic rings. The van der Waals surface area contributed by atoms with Crippen molar-refractivity contribution in [1.29, 1.82) is 0 Å². The molecule has 1 aromatic heterocycles. The van der Waals surface area contributed by atoms with Gasteiger partial charge < -0.3 is 5.11 Å². The molecular weight excluding hydrogens is 262 g/mol. The minimum absolute atomic E-state index is 0.0287. The third-order valence-electron chi connectivity index (χ3n) is 3.58. The summed E-state index contributed by atoms with van der Waals surface area (Å²) in [7, 11) is 0. The molecular formula is C15H12ClNO2. The van der Waals surface area contributed by atoms with E-state index in [0.717, 1.165) is 24.1 Å². The van der Waals surface area contributed by atoms with E-state index in [1.54, 1.807) is 24.4 Å². The Bertz CT molecular complexity index is 654. The van der Waals surface area contributed by atoms with E-state index in [9.17, 15) is 9.90 Å². The molecule has 3 rings (SSSR count). The number of pyridine rings is 1. The predicted molar refractivity (Wildman–Crippen MR) is 72.8 cm³/mol. The highest BCUT2D eigenvalue weighted by molar-refractivity contribution is 6.30. The fourth-order valence-electron chi connectivity index (χ4n) is 2.73. The molecule has 4 heteroatoms. The molecule has 0 saturated carbocycles. The van der Waals surface area contributed by atoms with Gasteiger partial charge in [-0.3, -0.25) is 4.98 Å². The van der Waals surface area contributed by atoms with Gasteiger partial charge in [-0.15, -0.1) is 0 Å². The minimum Gasteiger partial charge on any atom is -0.478 e. The summed E-state index contributed by atoms with van der Waals surface area (Å²) >= 11 is 6.01. The van der Waals surface area contributed by atoms with Crippen LogP contribution in [0.15, 0.2) is 36.5 Å². The fraction of sp³-hybridized carbons (Fsp3) is 0.200. The lowest BCUT2D eigenvalue weighted by molar-refractivity contribution is 0.0695. The average molecular weight is 274 g/mol. The number of fused-ring (bicyclic) bond motifs is 1. The molecule has 1 N–H and O–H groups in total. The van der Waals surface area contributed by atoms with E-state index in [0.29, 0.717) is 10.6 Å². The number of hydrogen-bond acceptors (Lipinski definition) is 2. The molecule has 1 aliphatic rings. The van der Waals surface area contributed by atoms with E-state index in [1.165, 1.54) is 5.56 Å². The number of benzene rings is 1. The zero-order chi connectivity index (χ0) is 13.4. The van der Waals surface area contributed by atoms with Crippen molar-refractivity contribution in [1.82, 2.24) is 4.98 Å². The second-order valence-electron chi connectivity index (χ2n) is 4.68. The zero-order valence-electron chi connectivity index (χ0n) is 10.1. The highest BCUT2D eigenvalue weighted by Crippen LogP contribution is 2.38. The van der Waals surface area contributed by atoms with Crippen LogP contribution in [0.5, 0.6) is 0 Å². The van der Waals surface area contributed by atoms with Gasteiger partial charge in [-0.1, -0.05) is 17.7 Å². The summed E-state index contributed by atoms with van der Waals surface area (Å²) in [5.74, 6) is -0.892. The van der Waals surface area contributed by atoms with Gasteiger partial charge in [0.2, 0.25) is 0 Å². The molecule has 1 unspecified atom stereocenters. The van der Waals surface area contributed by atoms with Crippen LogP contribution in [0.3, 0.4) is 0 Å². The number of carboxylic acid groups (broad SMARTS) is 1. The van der Waals surface area contributed by atoms with Crippen molar-refractivity contribution in [2.75, 3.05) is 0 Å². The van der Waals surface area contributed by atoms with Gasteiger partial charge in [-0.05, 0) is 48.2 Å². The molecule has 3 nitrogen and oxygen atoms in total. The molecule has 0 amide bonds. The van der Waals surface area contributed by atoms with E-state index in [-0.39, 0.29) is 5.92 Å². The van der Waals surface area contributed by atoms with Crippen molar-refractivity contribution in [3.63, 3.8) is 0 Å². The first-order chi connectivity index (χ1) is 9.16. The van der Waals surface area contributed by atoms with Gasteiger partial charge in [0.1, 0.15) is 0 Å². The van der Waals surface area contributed by atoms with Gasteiger partial charge in [0, 0.05) is 17.1 Å². The van der Waals surface area contributed by atoms with Crippen molar-refractivity contribution in [3.8, 4) is 0 Å². The third-order valence-corrected chi connectivity index (χ3v) is 3.81. The lowest BCUT2D eigenvalue weighted by Gasteiger charge is -2.14. The molecule has 0 fully saturated rings. The Morgan fingerprint density at radius 1 is 1.37 bits per heavy atom. The van der Waals surface area contributed by atoms with Crippen molar-refractivity contribution in [2.24, 2.45) is 0 Å². The van der Waals surface area contributed by atoms with Gasteiger partial charge in [0.05, 0.1) is 11.3 Å². The van der Waals surface area contributed by atoms with Gasteiger partial charge in [0.15, 0.2) is 0 Å². The van der Waals surface area contributed by atoms with Crippen molar-refractivity contribution in [3.05, 3.63) is 63.9 Å². The monoisotopic (exact) mass is 273 g/mol. The van der Waals surface area contributed by atoms with Crippen LogP contribution < -0.4 is 0 Å². The smallest absolute Gasteiger partial charge is 0.335 e. The molecule has 1 aliphatic carbocycles. The van der Waals surface area contributed by atoms with Gasteiger partial charge in [0.25, 0.3) is 0 Å². The van der Waals surface area contributed by atoms with Crippen LogP contribution in [0.4, 0.5) is 0 Å². The lowest BCUT2D eigenvalue weighted by Crippen LogP contribution is -2.07. The van der Waals surface area contributed by atoms with Crippen LogP contribution in [-0.4, -0.2) is 16.1 Å². The standard InChI is InChI=1S/C15H12ClNO2/c16-10-4-6-12(15(18)19)13(8-10)11-5-3-9-2-1-7-17-14(9)11/h1-2,4,6-8,11H,3,5H2,(H,18,19). The largest absolute Gasteiger partial charge is 0.478 e. The van der Waals surface area contributed by atoms with E-state index < -0.39 is 5.97 Å². The molecule has 1 aromatic carbocycles. The summed E-state index contributed by atoms with van der Waals surface area (Å²) in [6.07, 6.45) is 3.56.